The van der Waals surface area contributed by atoms with E-state index >= 15 is 0 Å². The molecule has 0 aliphatic heterocycles. The van der Waals surface area contributed by atoms with Gasteiger partial charge in [0.15, 0.2) is 11.5 Å². The zero-order chi connectivity index (χ0) is 13.4. The monoisotopic (exact) mass is 260 g/mol. The van der Waals surface area contributed by atoms with Crippen molar-refractivity contribution in [3.05, 3.63) is 18.0 Å². The van der Waals surface area contributed by atoms with Crippen molar-refractivity contribution < 1.29 is 9.47 Å². The lowest BCUT2D eigenvalue weighted by Crippen LogP contribution is -2.03. The van der Waals surface area contributed by atoms with Crippen molar-refractivity contribution in [1.82, 2.24) is 9.97 Å². The van der Waals surface area contributed by atoms with Crippen LogP contribution in [0.25, 0.3) is 11.0 Å². The van der Waals surface area contributed by atoms with Gasteiger partial charge in [0, 0.05) is 18.1 Å². The lowest BCUT2D eigenvalue weighted by molar-refractivity contribution is 0.356. The number of nitrogens with zero attached hydrogens (tertiary/aromatic N) is 1. The number of rotatable bonds is 3. The highest BCUT2D eigenvalue weighted by molar-refractivity contribution is 5.79. The van der Waals surface area contributed by atoms with Crippen LogP contribution in [0, 0.1) is 5.92 Å². The van der Waals surface area contributed by atoms with Crippen molar-refractivity contribution >= 4 is 11.0 Å². The normalized spacial score (nSPS) is 22.9. The molecule has 1 N–H and O–H groups in total. The molecule has 102 valence electrons. The third kappa shape index (κ3) is 2.05. The Morgan fingerprint density at radius 2 is 1.89 bits per heavy atom. The molecule has 0 bridgehead atoms. The SMILES string of the molecule is COc1cc2nc(C3CCCC3C)[nH]c2cc1OC. The highest BCUT2D eigenvalue weighted by Crippen LogP contribution is 2.39. The second-order valence-electron chi connectivity index (χ2n) is 5.36. The van der Waals surface area contributed by atoms with Gasteiger partial charge in [0.1, 0.15) is 5.82 Å². The maximum atomic E-state index is 5.33. The van der Waals surface area contributed by atoms with Crippen molar-refractivity contribution in [3.63, 3.8) is 0 Å². The number of ether oxygens (including phenoxy) is 2. The lowest BCUT2D eigenvalue weighted by atomic mass is 9.98. The van der Waals surface area contributed by atoms with E-state index in [4.69, 9.17) is 14.5 Å². The molecule has 2 atom stereocenters. The standard InChI is InChI=1S/C15H20N2O2/c1-9-5-4-6-10(9)15-16-11-7-13(18-2)14(19-3)8-12(11)17-15/h7-10H,4-6H2,1-3H3,(H,16,17). The van der Waals surface area contributed by atoms with Crippen LogP contribution in [-0.2, 0) is 0 Å². The molecule has 0 spiro atoms. The highest BCUT2D eigenvalue weighted by atomic mass is 16.5. The summed E-state index contributed by atoms with van der Waals surface area (Å²) in [7, 11) is 3.30. The van der Waals surface area contributed by atoms with E-state index in [1.807, 2.05) is 12.1 Å². The van der Waals surface area contributed by atoms with Crippen LogP contribution in [0.15, 0.2) is 12.1 Å². The first-order chi connectivity index (χ1) is 9.22. The molecular formula is C15H20N2O2. The molecule has 0 radical (unpaired) electrons. The van der Waals surface area contributed by atoms with E-state index in [0.29, 0.717) is 11.8 Å². The van der Waals surface area contributed by atoms with Crippen LogP contribution in [0.5, 0.6) is 11.5 Å². The number of benzene rings is 1. The summed E-state index contributed by atoms with van der Waals surface area (Å²) in [4.78, 5) is 8.19. The topological polar surface area (TPSA) is 47.1 Å². The molecule has 3 rings (SSSR count). The number of imidazole rings is 1. The lowest BCUT2D eigenvalue weighted by Gasteiger charge is -2.11. The quantitative estimate of drug-likeness (QED) is 0.919. The van der Waals surface area contributed by atoms with Gasteiger partial charge in [0.2, 0.25) is 0 Å². The van der Waals surface area contributed by atoms with E-state index in [9.17, 15) is 0 Å². The highest BCUT2D eigenvalue weighted by Gasteiger charge is 2.27. The Labute approximate surface area is 113 Å². The molecule has 1 fully saturated rings. The number of hydrogen-bond donors (Lipinski definition) is 1. The molecule has 2 aromatic rings. The fourth-order valence-corrected chi connectivity index (χ4v) is 3.08. The van der Waals surface area contributed by atoms with E-state index in [-0.39, 0.29) is 0 Å². The number of methoxy groups -OCH3 is 2. The Morgan fingerprint density at radius 3 is 2.53 bits per heavy atom. The van der Waals surface area contributed by atoms with Gasteiger partial charge in [-0.15, -0.1) is 0 Å². The van der Waals surface area contributed by atoms with Gasteiger partial charge in [-0.1, -0.05) is 13.3 Å². The largest absolute Gasteiger partial charge is 0.493 e. The Hall–Kier alpha value is -1.71. The van der Waals surface area contributed by atoms with E-state index in [1.54, 1.807) is 14.2 Å². The zero-order valence-electron chi connectivity index (χ0n) is 11.7. The number of nitrogens with one attached hydrogen (secondary N) is 1. The number of H-pyrrole nitrogens is 1. The Kier molecular flexibility index (Phi) is 3.09. The Morgan fingerprint density at radius 1 is 1.16 bits per heavy atom. The summed E-state index contributed by atoms with van der Waals surface area (Å²) < 4.78 is 10.6. The molecule has 1 aromatic heterocycles. The first kappa shape index (κ1) is 12.3. The maximum Gasteiger partial charge on any atom is 0.163 e. The summed E-state index contributed by atoms with van der Waals surface area (Å²) in [6.07, 6.45) is 3.83. The van der Waals surface area contributed by atoms with E-state index < -0.39 is 0 Å². The molecule has 2 unspecified atom stereocenters. The first-order valence-electron chi connectivity index (χ1n) is 6.84. The van der Waals surface area contributed by atoms with Crippen molar-refractivity contribution in [3.8, 4) is 11.5 Å². The van der Waals surface area contributed by atoms with Gasteiger partial charge < -0.3 is 14.5 Å². The van der Waals surface area contributed by atoms with Gasteiger partial charge in [-0.25, -0.2) is 4.98 Å². The molecule has 1 heterocycles. The van der Waals surface area contributed by atoms with Crippen LogP contribution in [0.4, 0.5) is 0 Å². The third-order valence-electron chi connectivity index (χ3n) is 4.22. The minimum Gasteiger partial charge on any atom is -0.493 e. The minimum atomic E-state index is 0.560. The summed E-state index contributed by atoms with van der Waals surface area (Å²) >= 11 is 0. The number of hydrogen-bond acceptors (Lipinski definition) is 3. The molecule has 1 aliphatic rings. The average molecular weight is 260 g/mol. The van der Waals surface area contributed by atoms with Gasteiger partial charge >= 0.3 is 0 Å². The predicted molar refractivity (Wildman–Crippen MR) is 75.0 cm³/mol. The molecular weight excluding hydrogens is 240 g/mol. The van der Waals surface area contributed by atoms with Crippen molar-refractivity contribution in [2.45, 2.75) is 32.1 Å². The van der Waals surface area contributed by atoms with Gasteiger partial charge in [-0.2, -0.15) is 0 Å². The number of fused-ring (bicyclic) bond motifs is 1. The summed E-state index contributed by atoms with van der Waals surface area (Å²) in [5.74, 6) is 3.85. The van der Waals surface area contributed by atoms with Crippen LogP contribution in [-0.4, -0.2) is 24.2 Å². The fourth-order valence-electron chi connectivity index (χ4n) is 3.08. The van der Waals surface area contributed by atoms with Crippen LogP contribution < -0.4 is 9.47 Å². The Bertz CT molecular complexity index is 550. The summed E-state index contributed by atoms with van der Waals surface area (Å²) in [5.41, 5.74) is 1.97. The summed E-state index contributed by atoms with van der Waals surface area (Å²) in [6, 6.07) is 3.90. The number of aromatic nitrogens is 2. The summed E-state index contributed by atoms with van der Waals surface area (Å²) in [6.45, 7) is 2.31. The van der Waals surface area contributed by atoms with Crippen LogP contribution in [0.1, 0.15) is 37.9 Å². The fraction of sp³-hybridized carbons (Fsp3) is 0.533. The molecule has 1 aliphatic carbocycles. The Balaban J connectivity index is 2.05. The molecule has 1 aromatic carbocycles. The zero-order valence-corrected chi connectivity index (χ0v) is 11.7. The smallest absolute Gasteiger partial charge is 0.163 e. The summed E-state index contributed by atoms with van der Waals surface area (Å²) in [5, 5.41) is 0. The van der Waals surface area contributed by atoms with Crippen molar-refractivity contribution in [2.75, 3.05) is 14.2 Å². The van der Waals surface area contributed by atoms with E-state index in [0.717, 1.165) is 28.4 Å². The number of aromatic amines is 1. The van der Waals surface area contributed by atoms with Gasteiger partial charge in [0.25, 0.3) is 0 Å². The first-order valence-corrected chi connectivity index (χ1v) is 6.84. The van der Waals surface area contributed by atoms with Crippen LogP contribution in [0.2, 0.25) is 0 Å². The van der Waals surface area contributed by atoms with Gasteiger partial charge in [0.05, 0.1) is 25.3 Å². The van der Waals surface area contributed by atoms with Gasteiger partial charge in [-0.3, -0.25) is 0 Å². The third-order valence-corrected chi connectivity index (χ3v) is 4.22. The second-order valence-corrected chi connectivity index (χ2v) is 5.36. The molecule has 1 saturated carbocycles. The van der Waals surface area contributed by atoms with Gasteiger partial charge in [-0.05, 0) is 18.8 Å². The maximum absolute atomic E-state index is 5.33. The van der Waals surface area contributed by atoms with E-state index in [2.05, 4.69) is 11.9 Å². The predicted octanol–water partition coefficient (Wildman–Crippen LogP) is 3.48. The molecule has 4 nitrogen and oxygen atoms in total. The average Bonchev–Trinajstić information content (AvgIpc) is 3.01. The minimum absolute atomic E-state index is 0.560. The van der Waals surface area contributed by atoms with Crippen LogP contribution >= 0.6 is 0 Å². The van der Waals surface area contributed by atoms with Crippen molar-refractivity contribution in [2.24, 2.45) is 5.92 Å². The van der Waals surface area contributed by atoms with E-state index in [1.165, 1.54) is 19.3 Å². The molecule has 0 saturated heterocycles. The van der Waals surface area contributed by atoms with Crippen LogP contribution in [0.3, 0.4) is 0 Å². The molecule has 4 heteroatoms. The molecule has 19 heavy (non-hydrogen) atoms. The second kappa shape index (κ2) is 4.76. The molecule has 0 amide bonds. The van der Waals surface area contributed by atoms with Crippen molar-refractivity contribution in [1.29, 1.82) is 0 Å².